The first kappa shape index (κ1) is 19.3. The summed E-state index contributed by atoms with van der Waals surface area (Å²) in [6.07, 6.45) is 4.82. The summed E-state index contributed by atoms with van der Waals surface area (Å²) in [5.74, 6) is 0.879. The first-order chi connectivity index (χ1) is 13.9. The SMILES string of the molecule is CS(=O)(=O)NC1CC(c2nc(-c3ccccc3)n[nH]2)N(C(=O)Cn2cccn2)C1. The highest BCUT2D eigenvalue weighted by molar-refractivity contribution is 7.88. The smallest absolute Gasteiger partial charge is 0.244 e. The second-order valence-corrected chi connectivity index (χ2v) is 8.78. The van der Waals surface area contributed by atoms with E-state index in [1.54, 1.807) is 23.4 Å². The second-order valence-electron chi connectivity index (χ2n) is 7.00. The molecule has 3 aromatic rings. The average molecular weight is 415 g/mol. The molecule has 10 nitrogen and oxygen atoms in total. The van der Waals surface area contributed by atoms with Gasteiger partial charge in [-0.1, -0.05) is 30.3 Å². The van der Waals surface area contributed by atoms with E-state index in [2.05, 4.69) is 25.0 Å². The van der Waals surface area contributed by atoms with Crippen molar-refractivity contribution in [3.63, 3.8) is 0 Å². The number of aromatic amines is 1. The number of hydrogen-bond donors (Lipinski definition) is 2. The molecule has 0 bridgehead atoms. The van der Waals surface area contributed by atoms with Crippen LogP contribution in [0.3, 0.4) is 0 Å². The molecule has 0 saturated carbocycles. The summed E-state index contributed by atoms with van der Waals surface area (Å²) in [6.45, 7) is 0.313. The van der Waals surface area contributed by atoms with Gasteiger partial charge in [0.15, 0.2) is 5.82 Å². The summed E-state index contributed by atoms with van der Waals surface area (Å²) in [5.41, 5.74) is 0.855. The van der Waals surface area contributed by atoms with Gasteiger partial charge in [-0.15, -0.1) is 0 Å². The zero-order valence-electron chi connectivity index (χ0n) is 15.8. The van der Waals surface area contributed by atoms with E-state index < -0.39 is 22.1 Å². The summed E-state index contributed by atoms with van der Waals surface area (Å²) in [7, 11) is -3.40. The lowest BCUT2D eigenvalue weighted by Gasteiger charge is -2.22. The van der Waals surface area contributed by atoms with Gasteiger partial charge in [0.05, 0.1) is 12.3 Å². The maximum Gasteiger partial charge on any atom is 0.244 e. The normalized spacial score (nSPS) is 19.6. The molecule has 0 spiro atoms. The van der Waals surface area contributed by atoms with Gasteiger partial charge in [0.1, 0.15) is 12.4 Å². The van der Waals surface area contributed by atoms with E-state index in [4.69, 9.17) is 0 Å². The molecule has 29 heavy (non-hydrogen) atoms. The third kappa shape index (κ3) is 4.51. The van der Waals surface area contributed by atoms with Gasteiger partial charge in [-0.05, 0) is 12.5 Å². The fourth-order valence-electron chi connectivity index (χ4n) is 3.52. The summed E-state index contributed by atoms with van der Waals surface area (Å²) in [6, 6.07) is 10.4. The number of carbonyl (C=O) groups excluding carboxylic acids is 1. The molecular weight excluding hydrogens is 394 g/mol. The third-order valence-corrected chi connectivity index (χ3v) is 5.47. The minimum absolute atomic E-state index is 0.0643. The lowest BCUT2D eigenvalue weighted by atomic mass is 10.1. The molecular formula is C18H21N7O3S. The maximum absolute atomic E-state index is 12.9. The summed E-state index contributed by atoms with van der Waals surface area (Å²) in [5, 5.41) is 11.3. The van der Waals surface area contributed by atoms with E-state index in [9.17, 15) is 13.2 Å². The quantitative estimate of drug-likeness (QED) is 0.606. The van der Waals surface area contributed by atoms with Crippen LogP contribution in [0.15, 0.2) is 48.8 Å². The standard InChI is InChI=1S/C18H21N7O3S/c1-29(27,28)23-14-10-15(25(11-14)16(26)12-24-9-5-8-19-24)18-20-17(21-22-18)13-6-3-2-4-7-13/h2-9,14-15,23H,10-12H2,1H3,(H,20,21,22). The van der Waals surface area contributed by atoms with Crippen molar-refractivity contribution in [3.05, 3.63) is 54.6 Å². The monoisotopic (exact) mass is 415 g/mol. The number of likely N-dealkylation sites (tertiary alicyclic amines) is 1. The van der Waals surface area contributed by atoms with Gasteiger partial charge < -0.3 is 4.90 Å². The molecule has 11 heteroatoms. The summed E-state index contributed by atoms with van der Waals surface area (Å²) >= 11 is 0. The number of sulfonamides is 1. The van der Waals surface area contributed by atoms with E-state index in [1.165, 1.54) is 4.68 Å². The number of amides is 1. The highest BCUT2D eigenvalue weighted by Crippen LogP contribution is 2.31. The first-order valence-corrected chi connectivity index (χ1v) is 11.0. The van der Waals surface area contributed by atoms with Gasteiger partial charge in [-0.25, -0.2) is 18.1 Å². The van der Waals surface area contributed by atoms with Crippen LogP contribution in [0.25, 0.3) is 11.4 Å². The maximum atomic E-state index is 12.9. The van der Waals surface area contributed by atoms with Gasteiger partial charge in [0.25, 0.3) is 0 Å². The van der Waals surface area contributed by atoms with Gasteiger partial charge in [0.2, 0.25) is 15.9 Å². The van der Waals surface area contributed by atoms with Crippen LogP contribution in [0.2, 0.25) is 0 Å². The van der Waals surface area contributed by atoms with Crippen LogP contribution in [-0.4, -0.2) is 63.0 Å². The molecule has 0 aliphatic carbocycles. The molecule has 0 radical (unpaired) electrons. The molecule has 3 heterocycles. The zero-order chi connectivity index (χ0) is 20.4. The van der Waals surface area contributed by atoms with Crippen LogP contribution in [0.5, 0.6) is 0 Å². The lowest BCUT2D eigenvalue weighted by Crippen LogP contribution is -2.39. The molecule has 2 N–H and O–H groups in total. The summed E-state index contributed by atoms with van der Waals surface area (Å²) in [4.78, 5) is 19.1. The largest absolute Gasteiger partial charge is 0.329 e. The van der Waals surface area contributed by atoms with Crippen LogP contribution >= 0.6 is 0 Å². The molecule has 1 aliphatic heterocycles. The van der Waals surface area contributed by atoms with Crippen LogP contribution in [0.4, 0.5) is 0 Å². The van der Waals surface area contributed by atoms with Gasteiger partial charge in [-0.3, -0.25) is 14.6 Å². The first-order valence-electron chi connectivity index (χ1n) is 9.11. The van der Waals surface area contributed by atoms with Crippen molar-refractivity contribution in [2.75, 3.05) is 12.8 Å². The Morgan fingerprint density at radius 3 is 2.76 bits per heavy atom. The van der Waals surface area contributed by atoms with Crippen molar-refractivity contribution in [1.82, 2.24) is 34.6 Å². The van der Waals surface area contributed by atoms with Crippen LogP contribution in [0.1, 0.15) is 18.3 Å². The lowest BCUT2D eigenvalue weighted by molar-refractivity contribution is -0.133. The van der Waals surface area contributed by atoms with Crippen LogP contribution in [-0.2, 0) is 21.4 Å². The number of rotatable bonds is 6. The van der Waals surface area contributed by atoms with Crippen molar-refractivity contribution in [1.29, 1.82) is 0 Å². The van der Waals surface area contributed by atoms with Crippen molar-refractivity contribution in [2.24, 2.45) is 0 Å². The van der Waals surface area contributed by atoms with Gasteiger partial charge in [0, 0.05) is 30.5 Å². The van der Waals surface area contributed by atoms with E-state index in [1.807, 2.05) is 30.3 Å². The third-order valence-electron chi connectivity index (χ3n) is 4.71. The van der Waals surface area contributed by atoms with Crippen LogP contribution in [0, 0.1) is 0 Å². The molecule has 1 aromatic carbocycles. The fourth-order valence-corrected chi connectivity index (χ4v) is 4.30. The Bertz CT molecular complexity index is 1080. The number of benzene rings is 1. The van der Waals surface area contributed by atoms with E-state index in [0.717, 1.165) is 11.8 Å². The molecule has 152 valence electrons. The fraction of sp³-hybridized carbons (Fsp3) is 0.333. The number of nitrogens with zero attached hydrogens (tertiary/aromatic N) is 5. The van der Waals surface area contributed by atoms with Gasteiger partial charge in [-0.2, -0.15) is 10.2 Å². The Kier molecular flexibility index (Phi) is 5.16. The molecule has 2 aromatic heterocycles. The van der Waals surface area contributed by atoms with E-state index in [-0.39, 0.29) is 19.0 Å². The minimum atomic E-state index is -3.40. The minimum Gasteiger partial charge on any atom is -0.329 e. The highest BCUT2D eigenvalue weighted by atomic mass is 32.2. The van der Waals surface area contributed by atoms with Crippen molar-refractivity contribution >= 4 is 15.9 Å². The van der Waals surface area contributed by atoms with Crippen molar-refractivity contribution in [3.8, 4) is 11.4 Å². The summed E-state index contributed by atoms with van der Waals surface area (Å²) < 4.78 is 27.5. The molecule has 2 atom stereocenters. The average Bonchev–Trinajstić information content (AvgIpc) is 3.41. The number of nitrogens with one attached hydrogen (secondary N) is 2. The van der Waals surface area contributed by atoms with E-state index >= 15 is 0 Å². The second kappa shape index (κ2) is 7.76. The molecule has 2 unspecified atom stereocenters. The molecule has 1 aliphatic rings. The van der Waals surface area contributed by atoms with Gasteiger partial charge >= 0.3 is 0 Å². The Hall–Kier alpha value is -3.05. The Morgan fingerprint density at radius 1 is 1.28 bits per heavy atom. The Labute approximate surface area is 168 Å². The van der Waals surface area contributed by atoms with E-state index in [0.29, 0.717) is 18.1 Å². The zero-order valence-corrected chi connectivity index (χ0v) is 16.6. The molecule has 4 rings (SSSR count). The topological polar surface area (TPSA) is 126 Å². The number of carbonyl (C=O) groups is 1. The number of hydrogen-bond acceptors (Lipinski definition) is 6. The van der Waals surface area contributed by atoms with Crippen molar-refractivity contribution in [2.45, 2.75) is 25.0 Å². The predicted molar refractivity (Wildman–Crippen MR) is 105 cm³/mol. The predicted octanol–water partition coefficient (Wildman–Crippen LogP) is 0.560. The molecule has 1 saturated heterocycles. The molecule has 1 amide bonds. The van der Waals surface area contributed by atoms with Crippen molar-refractivity contribution < 1.29 is 13.2 Å². The Balaban J connectivity index is 1.59. The Morgan fingerprint density at radius 2 is 2.07 bits per heavy atom. The van der Waals surface area contributed by atoms with Crippen LogP contribution < -0.4 is 4.72 Å². The number of H-pyrrole nitrogens is 1. The number of aromatic nitrogens is 5. The highest BCUT2D eigenvalue weighted by Gasteiger charge is 2.39. The molecule has 1 fully saturated rings.